The Hall–Kier alpha value is -0.350. The molecule has 0 saturated carbocycles. The van der Waals surface area contributed by atoms with Crippen molar-refractivity contribution in [3.63, 3.8) is 0 Å². The normalized spacial score (nSPS) is 12.7. The van der Waals surface area contributed by atoms with Crippen LogP contribution in [0.15, 0.2) is 34.8 Å². The van der Waals surface area contributed by atoms with Gasteiger partial charge in [0.1, 0.15) is 0 Å². The predicted molar refractivity (Wildman–Crippen MR) is 83.7 cm³/mol. The van der Waals surface area contributed by atoms with Crippen LogP contribution in [-0.2, 0) is 0 Å². The van der Waals surface area contributed by atoms with Crippen molar-refractivity contribution in [2.45, 2.75) is 19.9 Å². The highest BCUT2D eigenvalue weighted by molar-refractivity contribution is 9.10. The molecule has 0 bridgehead atoms. The van der Waals surface area contributed by atoms with E-state index in [-0.39, 0.29) is 6.04 Å². The molecule has 0 amide bonds. The Morgan fingerprint density at radius 2 is 2.17 bits per heavy atom. The smallest absolute Gasteiger partial charge is 0.0683 e. The van der Waals surface area contributed by atoms with Gasteiger partial charge in [0.25, 0.3) is 0 Å². The maximum atomic E-state index is 6.09. The summed E-state index contributed by atoms with van der Waals surface area (Å²) in [6.45, 7) is 5.16. The monoisotopic (exact) mass is 343 g/mol. The summed E-state index contributed by atoms with van der Waals surface area (Å²) in [5, 5.41) is 4.30. The maximum absolute atomic E-state index is 6.09. The number of halogens is 2. The van der Waals surface area contributed by atoms with Crippen LogP contribution >= 0.6 is 38.9 Å². The largest absolute Gasteiger partial charge is 0.306 e. The van der Waals surface area contributed by atoms with Crippen molar-refractivity contribution in [3.8, 4) is 0 Å². The molecule has 2 aromatic rings. The maximum Gasteiger partial charge on any atom is 0.0683 e. The SMILES string of the molecule is CCNC(c1cccc(Cl)c1)c1sc(C)cc1Br. The fourth-order valence-electron chi connectivity index (χ4n) is 1.95. The van der Waals surface area contributed by atoms with Crippen LogP contribution in [-0.4, -0.2) is 6.54 Å². The van der Waals surface area contributed by atoms with E-state index >= 15 is 0 Å². The van der Waals surface area contributed by atoms with E-state index < -0.39 is 0 Å². The Balaban J connectivity index is 2.42. The number of nitrogens with one attached hydrogen (secondary N) is 1. The van der Waals surface area contributed by atoms with E-state index in [1.165, 1.54) is 15.3 Å². The highest BCUT2D eigenvalue weighted by Crippen LogP contribution is 2.36. The minimum atomic E-state index is 0.196. The molecule has 0 fully saturated rings. The van der Waals surface area contributed by atoms with Gasteiger partial charge in [-0.1, -0.05) is 30.7 Å². The molecule has 1 atom stereocenters. The molecule has 4 heteroatoms. The second-order valence-corrected chi connectivity index (χ2v) is 6.69. The summed E-state index contributed by atoms with van der Waals surface area (Å²) >= 11 is 11.5. The molecule has 18 heavy (non-hydrogen) atoms. The van der Waals surface area contributed by atoms with Gasteiger partial charge in [-0.05, 0) is 53.2 Å². The van der Waals surface area contributed by atoms with Crippen LogP contribution in [0.5, 0.6) is 0 Å². The first-order chi connectivity index (χ1) is 8.61. The zero-order chi connectivity index (χ0) is 13.1. The van der Waals surface area contributed by atoms with E-state index in [0.717, 1.165) is 16.0 Å². The molecule has 0 radical (unpaired) electrons. The van der Waals surface area contributed by atoms with Gasteiger partial charge in [0.05, 0.1) is 6.04 Å². The molecule has 0 spiro atoms. The summed E-state index contributed by atoms with van der Waals surface area (Å²) < 4.78 is 1.16. The van der Waals surface area contributed by atoms with Crippen LogP contribution in [0.2, 0.25) is 5.02 Å². The summed E-state index contributed by atoms with van der Waals surface area (Å²) in [7, 11) is 0. The topological polar surface area (TPSA) is 12.0 Å². The molecule has 1 aromatic heterocycles. The number of hydrogen-bond donors (Lipinski definition) is 1. The van der Waals surface area contributed by atoms with Gasteiger partial charge in [-0.2, -0.15) is 0 Å². The summed E-state index contributed by atoms with van der Waals surface area (Å²) in [4.78, 5) is 2.61. The van der Waals surface area contributed by atoms with E-state index in [9.17, 15) is 0 Å². The minimum absolute atomic E-state index is 0.196. The van der Waals surface area contributed by atoms with Crippen molar-refractivity contribution < 1.29 is 0 Å². The molecule has 0 aliphatic carbocycles. The van der Waals surface area contributed by atoms with Crippen LogP contribution in [0.25, 0.3) is 0 Å². The van der Waals surface area contributed by atoms with Gasteiger partial charge >= 0.3 is 0 Å². The third kappa shape index (κ3) is 3.15. The molecule has 96 valence electrons. The van der Waals surface area contributed by atoms with Crippen molar-refractivity contribution in [2.75, 3.05) is 6.54 Å². The van der Waals surface area contributed by atoms with Gasteiger partial charge in [-0.15, -0.1) is 11.3 Å². The van der Waals surface area contributed by atoms with E-state index in [1.54, 1.807) is 0 Å². The molecule has 0 saturated heterocycles. The summed E-state index contributed by atoms with van der Waals surface area (Å²) in [6, 6.07) is 10.4. The van der Waals surface area contributed by atoms with E-state index in [2.05, 4.69) is 47.2 Å². The fraction of sp³-hybridized carbons (Fsp3) is 0.286. The lowest BCUT2D eigenvalue weighted by Gasteiger charge is -2.18. The number of thiophene rings is 1. The lowest BCUT2D eigenvalue weighted by atomic mass is 10.1. The lowest BCUT2D eigenvalue weighted by molar-refractivity contribution is 0.638. The van der Waals surface area contributed by atoms with E-state index in [0.29, 0.717) is 0 Å². The van der Waals surface area contributed by atoms with Gasteiger partial charge in [-0.3, -0.25) is 0 Å². The van der Waals surface area contributed by atoms with Crippen LogP contribution < -0.4 is 5.32 Å². The van der Waals surface area contributed by atoms with Gasteiger partial charge < -0.3 is 5.32 Å². The average molecular weight is 345 g/mol. The molecule has 1 aromatic carbocycles. The first-order valence-electron chi connectivity index (χ1n) is 5.86. The Bertz CT molecular complexity index is 538. The first-order valence-corrected chi connectivity index (χ1v) is 7.85. The minimum Gasteiger partial charge on any atom is -0.306 e. The van der Waals surface area contributed by atoms with Gasteiger partial charge in [0.2, 0.25) is 0 Å². The number of hydrogen-bond acceptors (Lipinski definition) is 2. The van der Waals surface area contributed by atoms with E-state index in [4.69, 9.17) is 11.6 Å². The molecule has 1 heterocycles. The molecule has 2 rings (SSSR count). The highest BCUT2D eigenvalue weighted by atomic mass is 79.9. The molecule has 0 aliphatic rings. The molecular formula is C14H15BrClNS. The van der Waals surface area contributed by atoms with E-state index in [1.807, 2.05) is 29.5 Å². The number of benzene rings is 1. The Morgan fingerprint density at radius 3 is 2.72 bits per heavy atom. The Morgan fingerprint density at radius 1 is 1.39 bits per heavy atom. The van der Waals surface area contributed by atoms with Crippen LogP contribution in [0.3, 0.4) is 0 Å². The highest BCUT2D eigenvalue weighted by Gasteiger charge is 2.18. The summed E-state index contributed by atoms with van der Waals surface area (Å²) in [6.07, 6.45) is 0. The second kappa shape index (κ2) is 6.20. The summed E-state index contributed by atoms with van der Waals surface area (Å²) in [5.41, 5.74) is 1.20. The van der Waals surface area contributed by atoms with Crippen molar-refractivity contribution >= 4 is 38.9 Å². The lowest BCUT2D eigenvalue weighted by Crippen LogP contribution is -2.21. The standard InChI is InChI=1S/C14H15BrClNS/c1-3-17-13(10-5-4-6-11(16)8-10)14-12(15)7-9(2)18-14/h4-8,13,17H,3H2,1-2H3. The molecular weight excluding hydrogens is 330 g/mol. The third-order valence-electron chi connectivity index (χ3n) is 2.69. The predicted octanol–water partition coefficient (Wildman–Crippen LogP) is 5.17. The van der Waals surface area contributed by atoms with Gasteiger partial charge in [0.15, 0.2) is 0 Å². The number of aryl methyl sites for hydroxylation is 1. The van der Waals surface area contributed by atoms with Crippen LogP contribution in [0.1, 0.15) is 28.3 Å². The van der Waals surface area contributed by atoms with Gasteiger partial charge in [0, 0.05) is 19.2 Å². The molecule has 1 N–H and O–H groups in total. The third-order valence-corrected chi connectivity index (χ3v) is 4.96. The van der Waals surface area contributed by atoms with Crippen molar-refractivity contribution in [2.24, 2.45) is 0 Å². The fourth-order valence-corrected chi connectivity index (χ4v) is 4.13. The zero-order valence-electron chi connectivity index (χ0n) is 10.3. The average Bonchev–Trinajstić information content (AvgIpc) is 2.65. The second-order valence-electron chi connectivity index (χ2n) is 4.11. The Kier molecular flexibility index (Phi) is 4.84. The van der Waals surface area contributed by atoms with Crippen LogP contribution in [0, 0.1) is 6.92 Å². The van der Waals surface area contributed by atoms with Crippen molar-refractivity contribution in [1.29, 1.82) is 0 Å². The quantitative estimate of drug-likeness (QED) is 0.806. The van der Waals surface area contributed by atoms with Crippen molar-refractivity contribution in [1.82, 2.24) is 5.32 Å². The number of rotatable bonds is 4. The first kappa shape index (κ1) is 14.1. The molecule has 1 nitrogen and oxygen atoms in total. The summed E-state index contributed by atoms with van der Waals surface area (Å²) in [5.74, 6) is 0. The molecule has 0 aliphatic heterocycles. The van der Waals surface area contributed by atoms with Crippen LogP contribution in [0.4, 0.5) is 0 Å². The zero-order valence-corrected chi connectivity index (χ0v) is 13.5. The van der Waals surface area contributed by atoms with Gasteiger partial charge in [-0.25, -0.2) is 0 Å². The Labute approximate surface area is 125 Å². The van der Waals surface area contributed by atoms with Crippen molar-refractivity contribution in [3.05, 3.63) is 55.1 Å². The molecule has 1 unspecified atom stereocenters.